The third-order valence-electron chi connectivity index (χ3n) is 3.69. The topological polar surface area (TPSA) is 46.5 Å². The van der Waals surface area contributed by atoms with Gasteiger partial charge in [-0.15, -0.1) is 11.8 Å². The van der Waals surface area contributed by atoms with E-state index in [9.17, 15) is 9.90 Å². The summed E-state index contributed by atoms with van der Waals surface area (Å²) in [6.45, 7) is 0.337. The van der Waals surface area contributed by atoms with Crippen LogP contribution in [-0.2, 0) is 12.4 Å². The number of thioether (sulfide) groups is 1. The zero-order valence-electron chi connectivity index (χ0n) is 13.6. The first-order chi connectivity index (χ1) is 12.3. The molecular weight excluding hydrogens is 332 g/mol. The molecule has 4 heteroatoms. The Morgan fingerprint density at radius 1 is 0.920 bits per heavy atom. The lowest BCUT2D eigenvalue weighted by Crippen LogP contribution is -1.97. The van der Waals surface area contributed by atoms with E-state index in [2.05, 4.69) is 0 Å². The Hall–Kier alpha value is -2.72. The van der Waals surface area contributed by atoms with Gasteiger partial charge >= 0.3 is 0 Å². The van der Waals surface area contributed by atoms with Crippen molar-refractivity contribution in [1.82, 2.24) is 0 Å². The normalized spacial score (nSPS) is 10.4. The standard InChI is InChI=1S/C21H18O3S/c22-13-18-11-20(24-14-16-7-3-1-4-8-16)19(23)12-21(18)25-15-17-9-5-2-6-10-17/h1-13,23H,14-15H2. The van der Waals surface area contributed by atoms with E-state index in [4.69, 9.17) is 4.74 Å². The molecule has 126 valence electrons. The Labute approximate surface area is 151 Å². The second kappa shape index (κ2) is 8.40. The molecule has 0 heterocycles. The minimum Gasteiger partial charge on any atom is -0.504 e. The average molecular weight is 350 g/mol. The fourth-order valence-electron chi connectivity index (χ4n) is 2.37. The zero-order valence-corrected chi connectivity index (χ0v) is 14.4. The summed E-state index contributed by atoms with van der Waals surface area (Å²) in [5.74, 6) is 1.08. The molecular formula is C21H18O3S. The number of hydrogen-bond acceptors (Lipinski definition) is 4. The Morgan fingerprint density at radius 2 is 1.56 bits per heavy atom. The van der Waals surface area contributed by atoms with E-state index in [1.165, 1.54) is 11.8 Å². The first-order valence-corrected chi connectivity index (χ1v) is 8.90. The molecule has 3 rings (SSSR count). The average Bonchev–Trinajstić information content (AvgIpc) is 2.67. The molecule has 0 saturated heterocycles. The van der Waals surface area contributed by atoms with Crippen LogP contribution >= 0.6 is 11.8 Å². The van der Waals surface area contributed by atoms with E-state index in [-0.39, 0.29) is 5.75 Å². The number of aldehydes is 1. The van der Waals surface area contributed by atoms with Crippen molar-refractivity contribution in [2.24, 2.45) is 0 Å². The number of ether oxygens (including phenoxy) is 1. The predicted molar refractivity (Wildman–Crippen MR) is 100 cm³/mol. The molecule has 0 unspecified atom stereocenters. The first kappa shape index (κ1) is 17.1. The van der Waals surface area contributed by atoms with E-state index in [0.29, 0.717) is 17.9 Å². The lowest BCUT2D eigenvalue weighted by molar-refractivity contribution is 0.112. The van der Waals surface area contributed by atoms with Gasteiger partial charge in [-0.05, 0) is 23.3 Å². The molecule has 0 aliphatic rings. The Kier molecular flexibility index (Phi) is 5.75. The predicted octanol–water partition coefficient (Wildman–Crippen LogP) is 5.08. The Bertz CT molecular complexity index is 833. The van der Waals surface area contributed by atoms with E-state index in [1.807, 2.05) is 60.7 Å². The van der Waals surface area contributed by atoms with Crippen molar-refractivity contribution >= 4 is 18.0 Å². The van der Waals surface area contributed by atoms with Crippen molar-refractivity contribution in [3.05, 3.63) is 89.5 Å². The molecule has 0 amide bonds. The maximum Gasteiger partial charge on any atom is 0.162 e. The highest BCUT2D eigenvalue weighted by Gasteiger charge is 2.11. The number of aromatic hydroxyl groups is 1. The van der Waals surface area contributed by atoms with Crippen LogP contribution in [0.4, 0.5) is 0 Å². The third kappa shape index (κ3) is 4.64. The molecule has 25 heavy (non-hydrogen) atoms. The number of phenolic OH excluding ortho intramolecular Hbond substituents is 1. The van der Waals surface area contributed by atoms with E-state index < -0.39 is 0 Å². The second-order valence-corrected chi connectivity index (χ2v) is 6.54. The summed E-state index contributed by atoms with van der Waals surface area (Å²) in [6.07, 6.45) is 0.794. The maximum absolute atomic E-state index is 11.4. The minimum atomic E-state index is 0.0390. The van der Waals surface area contributed by atoms with Crippen molar-refractivity contribution in [3.8, 4) is 11.5 Å². The summed E-state index contributed by atoms with van der Waals surface area (Å²) in [7, 11) is 0. The van der Waals surface area contributed by atoms with Gasteiger partial charge in [-0.2, -0.15) is 0 Å². The van der Waals surface area contributed by atoms with Gasteiger partial charge in [-0.3, -0.25) is 4.79 Å². The van der Waals surface area contributed by atoms with Crippen LogP contribution in [0.25, 0.3) is 0 Å². The SMILES string of the molecule is O=Cc1cc(OCc2ccccc2)c(O)cc1SCc1ccccc1. The summed E-state index contributed by atoms with van der Waals surface area (Å²) in [4.78, 5) is 12.2. The van der Waals surface area contributed by atoms with Crippen molar-refractivity contribution in [2.75, 3.05) is 0 Å². The number of carbonyl (C=O) groups excluding carboxylic acids is 1. The van der Waals surface area contributed by atoms with Gasteiger partial charge in [0.25, 0.3) is 0 Å². The lowest BCUT2D eigenvalue weighted by atomic mass is 10.2. The van der Waals surface area contributed by atoms with Crippen molar-refractivity contribution in [1.29, 1.82) is 0 Å². The van der Waals surface area contributed by atoms with Gasteiger partial charge in [0, 0.05) is 16.2 Å². The zero-order chi connectivity index (χ0) is 17.5. The third-order valence-corrected chi connectivity index (χ3v) is 4.83. The van der Waals surface area contributed by atoms with E-state index >= 15 is 0 Å². The molecule has 0 bridgehead atoms. The number of carbonyl (C=O) groups is 1. The van der Waals surface area contributed by atoms with Crippen LogP contribution in [0.5, 0.6) is 11.5 Å². The van der Waals surface area contributed by atoms with Gasteiger partial charge in [-0.1, -0.05) is 60.7 Å². The molecule has 0 saturated carbocycles. The highest BCUT2D eigenvalue weighted by Crippen LogP contribution is 2.35. The van der Waals surface area contributed by atoms with Crippen LogP contribution in [0, 0.1) is 0 Å². The molecule has 0 spiro atoms. The summed E-state index contributed by atoms with van der Waals surface area (Å²) in [6, 6.07) is 22.9. The minimum absolute atomic E-state index is 0.0390. The monoisotopic (exact) mass is 350 g/mol. The van der Waals surface area contributed by atoms with E-state index in [1.54, 1.807) is 12.1 Å². The molecule has 3 aromatic rings. The molecule has 0 atom stereocenters. The highest BCUT2D eigenvalue weighted by molar-refractivity contribution is 7.98. The van der Waals surface area contributed by atoms with Crippen LogP contribution in [0.1, 0.15) is 21.5 Å². The molecule has 3 aromatic carbocycles. The molecule has 0 aliphatic carbocycles. The summed E-state index contributed by atoms with van der Waals surface area (Å²) in [5, 5.41) is 10.2. The van der Waals surface area contributed by atoms with Crippen LogP contribution in [0.3, 0.4) is 0 Å². The van der Waals surface area contributed by atoms with Crippen LogP contribution in [0.2, 0.25) is 0 Å². The van der Waals surface area contributed by atoms with Crippen molar-refractivity contribution < 1.29 is 14.6 Å². The van der Waals surface area contributed by atoms with E-state index in [0.717, 1.165) is 28.1 Å². The van der Waals surface area contributed by atoms with Gasteiger partial charge in [0.15, 0.2) is 17.8 Å². The molecule has 0 fully saturated rings. The van der Waals surface area contributed by atoms with Gasteiger partial charge in [0.1, 0.15) is 6.61 Å². The van der Waals surface area contributed by atoms with Gasteiger partial charge < -0.3 is 9.84 Å². The van der Waals surface area contributed by atoms with Gasteiger partial charge in [0.05, 0.1) is 0 Å². The Morgan fingerprint density at radius 3 is 2.20 bits per heavy atom. The number of rotatable bonds is 7. The molecule has 3 nitrogen and oxygen atoms in total. The van der Waals surface area contributed by atoms with Crippen LogP contribution in [-0.4, -0.2) is 11.4 Å². The summed E-state index contributed by atoms with van der Waals surface area (Å²) < 4.78 is 5.66. The fraction of sp³-hybridized carbons (Fsp3) is 0.0952. The van der Waals surface area contributed by atoms with Crippen LogP contribution < -0.4 is 4.74 Å². The summed E-state index contributed by atoms with van der Waals surface area (Å²) >= 11 is 1.52. The second-order valence-electron chi connectivity index (χ2n) is 5.52. The van der Waals surface area contributed by atoms with Crippen LogP contribution in [0.15, 0.2) is 77.7 Å². The maximum atomic E-state index is 11.4. The fourth-order valence-corrected chi connectivity index (χ4v) is 3.35. The van der Waals surface area contributed by atoms with Crippen molar-refractivity contribution in [2.45, 2.75) is 17.3 Å². The largest absolute Gasteiger partial charge is 0.504 e. The number of phenols is 1. The quantitative estimate of drug-likeness (QED) is 0.477. The number of benzene rings is 3. The molecule has 0 aliphatic heterocycles. The highest BCUT2D eigenvalue weighted by atomic mass is 32.2. The smallest absolute Gasteiger partial charge is 0.162 e. The van der Waals surface area contributed by atoms with Gasteiger partial charge in [-0.25, -0.2) is 0 Å². The van der Waals surface area contributed by atoms with Gasteiger partial charge in [0.2, 0.25) is 0 Å². The molecule has 0 aromatic heterocycles. The first-order valence-electron chi connectivity index (χ1n) is 7.92. The van der Waals surface area contributed by atoms with Crippen molar-refractivity contribution in [3.63, 3.8) is 0 Å². The Balaban J connectivity index is 1.72. The molecule has 1 N–H and O–H groups in total. The molecule has 0 radical (unpaired) electrons. The lowest BCUT2D eigenvalue weighted by Gasteiger charge is -2.12. The number of hydrogen-bond donors (Lipinski definition) is 1. The summed E-state index contributed by atoms with van der Waals surface area (Å²) in [5.41, 5.74) is 2.67.